The van der Waals surface area contributed by atoms with E-state index in [-0.39, 0.29) is 11.8 Å². The number of benzene rings is 3. The number of fused-ring (bicyclic) bond motifs is 1. The van der Waals surface area contributed by atoms with E-state index in [1.807, 2.05) is 72.8 Å². The standard InChI is InChI=1S/C32H34N2O4/c1-37-25-16-12-23(13-17-25)30-29(31(35)33-21-20-22-8-4-3-5-9-22)27-10-6-7-11-28(27)32(36)34(30)24-14-18-26(38-2)19-15-24/h6-8,10-19,29-30H,3-5,9,20-21H2,1-2H3,(H,33,35)/t29-,30+/m1/s1. The minimum absolute atomic E-state index is 0.0827. The zero-order valence-corrected chi connectivity index (χ0v) is 22.0. The summed E-state index contributed by atoms with van der Waals surface area (Å²) < 4.78 is 10.7. The average molecular weight is 511 g/mol. The lowest BCUT2D eigenvalue weighted by molar-refractivity contribution is -0.123. The number of ether oxygens (including phenoxy) is 2. The van der Waals surface area contributed by atoms with Crippen LogP contribution in [0.1, 0.15) is 65.5 Å². The molecule has 6 heteroatoms. The Morgan fingerprint density at radius 1 is 0.921 bits per heavy atom. The van der Waals surface area contributed by atoms with E-state index in [0.717, 1.165) is 30.4 Å². The van der Waals surface area contributed by atoms with Crippen molar-refractivity contribution in [2.24, 2.45) is 0 Å². The number of hydrogen-bond acceptors (Lipinski definition) is 4. The maximum Gasteiger partial charge on any atom is 0.259 e. The normalized spacial score (nSPS) is 18.8. The van der Waals surface area contributed by atoms with Gasteiger partial charge in [-0.2, -0.15) is 0 Å². The molecule has 0 spiro atoms. The molecule has 6 nitrogen and oxygen atoms in total. The fraction of sp³-hybridized carbons (Fsp3) is 0.312. The first kappa shape index (κ1) is 25.6. The zero-order chi connectivity index (χ0) is 26.5. The van der Waals surface area contributed by atoms with Crippen LogP contribution >= 0.6 is 0 Å². The van der Waals surface area contributed by atoms with Gasteiger partial charge >= 0.3 is 0 Å². The lowest BCUT2D eigenvalue weighted by atomic mass is 9.78. The SMILES string of the molecule is COc1ccc([C@H]2[C@H](C(=O)NCCC3=CCCCC3)c3ccccc3C(=O)N2c2ccc(OC)cc2)cc1. The molecule has 3 aromatic rings. The predicted molar refractivity (Wildman–Crippen MR) is 149 cm³/mol. The molecule has 1 aliphatic carbocycles. The highest BCUT2D eigenvalue weighted by atomic mass is 16.5. The Kier molecular flexibility index (Phi) is 7.78. The first-order valence-corrected chi connectivity index (χ1v) is 13.3. The van der Waals surface area contributed by atoms with Crippen molar-refractivity contribution in [2.45, 2.75) is 44.1 Å². The number of nitrogens with zero attached hydrogens (tertiary/aromatic N) is 1. The Morgan fingerprint density at radius 2 is 1.61 bits per heavy atom. The molecule has 5 rings (SSSR count). The first-order valence-electron chi connectivity index (χ1n) is 13.3. The molecule has 0 aromatic heterocycles. The fourth-order valence-electron chi connectivity index (χ4n) is 5.57. The van der Waals surface area contributed by atoms with Crippen molar-refractivity contribution in [3.8, 4) is 11.5 Å². The predicted octanol–water partition coefficient (Wildman–Crippen LogP) is 6.20. The van der Waals surface area contributed by atoms with Crippen molar-refractivity contribution in [1.29, 1.82) is 0 Å². The summed E-state index contributed by atoms with van der Waals surface area (Å²) >= 11 is 0. The Morgan fingerprint density at radius 3 is 2.26 bits per heavy atom. The van der Waals surface area contributed by atoms with Crippen LogP contribution in [0.25, 0.3) is 0 Å². The highest BCUT2D eigenvalue weighted by Gasteiger charge is 2.44. The van der Waals surface area contributed by atoms with Crippen molar-refractivity contribution < 1.29 is 19.1 Å². The quantitative estimate of drug-likeness (QED) is 0.367. The fourth-order valence-corrected chi connectivity index (χ4v) is 5.57. The van der Waals surface area contributed by atoms with Crippen molar-refractivity contribution in [3.05, 3.63) is 101 Å². The largest absolute Gasteiger partial charge is 0.497 e. The Hall–Kier alpha value is -4.06. The van der Waals surface area contributed by atoms with Gasteiger partial charge in [0.1, 0.15) is 11.5 Å². The number of nitrogens with one attached hydrogen (secondary N) is 1. The van der Waals surface area contributed by atoms with Gasteiger partial charge in [-0.15, -0.1) is 0 Å². The molecule has 1 N–H and O–H groups in total. The molecule has 0 fully saturated rings. The molecule has 1 heterocycles. The van der Waals surface area contributed by atoms with Gasteiger partial charge < -0.3 is 14.8 Å². The van der Waals surface area contributed by atoms with Gasteiger partial charge in [-0.1, -0.05) is 42.0 Å². The van der Waals surface area contributed by atoms with Gasteiger partial charge in [0, 0.05) is 17.8 Å². The Balaban J connectivity index is 1.56. The molecular formula is C32H34N2O4. The second-order valence-electron chi connectivity index (χ2n) is 9.81. The first-order chi connectivity index (χ1) is 18.6. The zero-order valence-electron chi connectivity index (χ0n) is 22.0. The molecule has 1 aliphatic heterocycles. The molecule has 0 radical (unpaired) electrons. The van der Waals surface area contributed by atoms with Crippen molar-refractivity contribution in [3.63, 3.8) is 0 Å². The average Bonchev–Trinajstić information content (AvgIpc) is 2.97. The van der Waals surface area contributed by atoms with Crippen molar-refractivity contribution in [1.82, 2.24) is 5.32 Å². The van der Waals surface area contributed by atoms with E-state index in [1.54, 1.807) is 19.1 Å². The topological polar surface area (TPSA) is 67.9 Å². The molecule has 0 bridgehead atoms. The minimum Gasteiger partial charge on any atom is -0.497 e. The van der Waals surface area contributed by atoms with Crippen molar-refractivity contribution >= 4 is 17.5 Å². The van der Waals surface area contributed by atoms with Gasteiger partial charge in [0.2, 0.25) is 5.91 Å². The summed E-state index contributed by atoms with van der Waals surface area (Å²) in [6, 6.07) is 21.9. The third-order valence-corrected chi connectivity index (χ3v) is 7.56. The van der Waals surface area contributed by atoms with E-state index in [2.05, 4.69) is 11.4 Å². The van der Waals surface area contributed by atoms with Gasteiger partial charge in [0.05, 0.1) is 26.2 Å². The molecule has 0 saturated carbocycles. The molecule has 38 heavy (non-hydrogen) atoms. The van der Waals surface area contributed by atoms with Gasteiger partial charge in [-0.3, -0.25) is 14.5 Å². The van der Waals surface area contributed by atoms with E-state index in [0.29, 0.717) is 29.3 Å². The van der Waals surface area contributed by atoms with E-state index in [1.165, 1.54) is 18.4 Å². The number of rotatable bonds is 8. The second-order valence-corrected chi connectivity index (χ2v) is 9.81. The van der Waals surface area contributed by atoms with Gasteiger partial charge in [0.15, 0.2) is 0 Å². The third-order valence-electron chi connectivity index (χ3n) is 7.56. The highest BCUT2D eigenvalue weighted by molar-refractivity contribution is 6.11. The van der Waals surface area contributed by atoms with Crippen LogP contribution in [0.4, 0.5) is 5.69 Å². The minimum atomic E-state index is -0.584. The monoisotopic (exact) mass is 510 g/mol. The van der Waals surface area contributed by atoms with E-state index < -0.39 is 12.0 Å². The molecule has 0 saturated heterocycles. The van der Waals surface area contributed by atoms with Gasteiger partial charge in [-0.25, -0.2) is 0 Å². The van der Waals surface area contributed by atoms with E-state index in [4.69, 9.17) is 9.47 Å². The number of hydrogen-bond donors (Lipinski definition) is 1. The Labute approximate surface area is 224 Å². The molecule has 2 amide bonds. The summed E-state index contributed by atoms with van der Waals surface area (Å²) in [5.41, 5.74) is 4.28. The van der Waals surface area contributed by atoms with Crippen LogP contribution in [0.3, 0.4) is 0 Å². The second kappa shape index (κ2) is 11.5. The van der Waals surface area contributed by atoms with Crippen LogP contribution in [0.5, 0.6) is 11.5 Å². The summed E-state index contributed by atoms with van der Waals surface area (Å²) in [6.45, 7) is 0.579. The van der Waals surface area contributed by atoms with Crippen LogP contribution in [0.2, 0.25) is 0 Å². The molecule has 196 valence electrons. The summed E-state index contributed by atoms with van der Waals surface area (Å²) in [7, 11) is 3.23. The highest BCUT2D eigenvalue weighted by Crippen LogP contribution is 2.45. The molecule has 2 atom stereocenters. The number of anilines is 1. The van der Waals surface area contributed by atoms with Crippen LogP contribution in [0, 0.1) is 0 Å². The molecular weight excluding hydrogens is 476 g/mol. The third kappa shape index (κ3) is 5.17. The maximum atomic E-state index is 14.0. The number of methoxy groups -OCH3 is 2. The van der Waals surface area contributed by atoms with E-state index >= 15 is 0 Å². The summed E-state index contributed by atoms with van der Waals surface area (Å²) in [6.07, 6.45) is 7.86. The van der Waals surface area contributed by atoms with Gasteiger partial charge in [0.25, 0.3) is 5.91 Å². The summed E-state index contributed by atoms with van der Waals surface area (Å²) in [4.78, 5) is 29.7. The number of allylic oxidation sites excluding steroid dienone is 1. The number of carbonyl (C=O) groups is 2. The maximum absolute atomic E-state index is 14.0. The van der Waals surface area contributed by atoms with E-state index in [9.17, 15) is 9.59 Å². The van der Waals surface area contributed by atoms with Gasteiger partial charge in [-0.05, 0) is 85.7 Å². The van der Waals surface area contributed by atoms with Crippen LogP contribution in [-0.4, -0.2) is 32.6 Å². The Bertz CT molecular complexity index is 1310. The number of carbonyl (C=O) groups excluding carboxylic acids is 2. The lowest BCUT2D eigenvalue weighted by Gasteiger charge is -2.42. The molecule has 3 aromatic carbocycles. The summed E-state index contributed by atoms with van der Waals surface area (Å²) in [5, 5.41) is 3.21. The summed E-state index contributed by atoms with van der Waals surface area (Å²) in [5.74, 6) is 0.614. The smallest absolute Gasteiger partial charge is 0.259 e. The van der Waals surface area contributed by atoms with Crippen LogP contribution in [-0.2, 0) is 4.79 Å². The number of amides is 2. The van der Waals surface area contributed by atoms with Crippen LogP contribution < -0.4 is 19.7 Å². The lowest BCUT2D eigenvalue weighted by Crippen LogP contribution is -2.47. The van der Waals surface area contributed by atoms with Crippen molar-refractivity contribution in [2.75, 3.05) is 25.7 Å². The molecule has 0 unspecified atom stereocenters. The molecule has 2 aliphatic rings. The van der Waals surface area contributed by atoms with Crippen LogP contribution in [0.15, 0.2) is 84.4 Å².